The van der Waals surface area contributed by atoms with E-state index in [-0.39, 0.29) is 6.04 Å². The van der Waals surface area contributed by atoms with E-state index in [1.807, 2.05) is 42.6 Å². The molecule has 0 bridgehead atoms. The Labute approximate surface area is 231 Å². The number of likely N-dealkylation sites (tertiary alicyclic amines) is 1. The number of halogens is 1. The van der Waals surface area contributed by atoms with E-state index < -0.39 is 0 Å². The van der Waals surface area contributed by atoms with Gasteiger partial charge in [0.25, 0.3) is 0 Å². The summed E-state index contributed by atoms with van der Waals surface area (Å²) in [5.74, 6) is 0. The summed E-state index contributed by atoms with van der Waals surface area (Å²) in [7, 11) is 0. The molecule has 2 aliphatic rings. The zero-order valence-electron chi connectivity index (χ0n) is 22.0. The summed E-state index contributed by atoms with van der Waals surface area (Å²) in [5, 5.41) is 5.44. The molecule has 200 valence electrons. The van der Waals surface area contributed by atoms with Crippen molar-refractivity contribution < 1.29 is 0 Å². The molecular weight excluding hydrogens is 492 g/mol. The SMILES string of the molecule is Nc1ccc(CN(CC2=CCC(N)C=C2)C2CCN(CCCNc3ccnc4cc(Cl)ccc34)CC2)cc1. The highest BCUT2D eigenvalue weighted by Gasteiger charge is 2.25. The van der Waals surface area contributed by atoms with Crippen LogP contribution in [0.2, 0.25) is 5.02 Å². The lowest BCUT2D eigenvalue weighted by Crippen LogP contribution is -2.45. The molecule has 1 aliphatic carbocycles. The van der Waals surface area contributed by atoms with Crippen LogP contribution in [-0.4, -0.2) is 59.6 Å². The number of nitrogens with one attached hydrogen (secondary N) is 1. The molecule has 6 nitrogen and oxygen atoms in total. The molecule has 5 rings (SSSR count). The first-order valence-corrected chi connectivity index (χ1v) is 14.1. The number of benzene rings is 2. The topological polar surface area (TPSA) is 83.4 Å². The Morgan fingerprint density at radius 3 is 2.63 bits per heavy atom. The van der Waals surface area contributed by atoms with Crippen LogP contribution in [-0.2, 0) is 6.54 Å². The number of nitrogens with zero attached hydrogens (tertiary/aromatic N) is 3. The third kappa shape index (κ3) is 7.14. The van der Waals surface area contributed by atoms with E-state index in [4.69, 9.17) is 23.1 Å². The van der Waals surface area contributed by atoms with Gasteiger partial charge in [0.05, 0.1) is 5.52 Å². The number of pyridine rings is 1. The monoisotopic (exact) mass is 530 g/mol. The Morgan fingerprint density at radius 1 is 1.05 bits per heavy atom. The van der Waals surface area contributed by atoms with Crippen LogP contribution in [0.1, 0.15) is 31.2 Å². The maximum Gasteiger partial charge on any atom is 0.0737 e. The first kappa shape index (κ1) is 26.7. The molecule has 0 saturated carbocycles. The maximum atomic E-state index is 6.13. The van der Waals surface area contributed by atoms with Gasteiger partial charge in [0.15, 0.2) is 0 Å². The van der Waals surface area contributed by atoms with Crippen molar-refractivity contribution in [1.82, 2.24) is 14.8 Å². The van der Waals surface area contributed by atoms with Gasteiger partial charge in [0.1, 0.15) is 0 Å². The standard InChI is InChI=1S/C31H39ClN6/c32-25-6-11-29-30(12-16-36-31(29)20-25)35-15-1-17-37-18-13-28(14-19-37)38(21-23-2-7-26(33)8-3-23)22-24-4-9-27(34)10-5-24/h2-9,11-12,16,20,27-28H,1,10,13-15,17-19,21-22,33-34H2,(H,35,36). The Kier molecular flexibility index (Phi) is 8.97. The van der Waals surface area contributed by atoms with Crippen molar-refractivity contribution in [2.45, 2.75) is 44.3 Å². The van der Waals surface area contributed by atoms with E-state index in [1.165, 1.54) is 24.0 Å². The fourth-order valence-corrected chi connectivity index (χ4v) is 5.68. The molecule has 2 heterocycles. The van der Waals surface area contributed by atoms with Crippen molar-refractivity contribution in [1.29, 1.82) is 0 Å². The van der Waals surface area contributed by atoms with Gasteiger partial charge in [-0.05, 0) is 92.9 Å². The molecule has 1 aromatic heterocycles. The Bertz CT molecular complexity index is 1260. The molecule has 2 aromatic carbocycles. The molecule has 38 heavy (non-hydrogen) atoms. The average molecular weight is 531 g/mol. The van der Waals surface area contributed by atoms with Crippen LogP contribution in [0.15, 0.2) is 78.5 Å². The Hall–Kier alpha value is -2.90. The molecule has 1 fully saturated rings. The van der Waals surface area contributed by atoms with E-state index >= 15 is 0 Å². The van der Waals surface area contributed by atoms with Gasteiger partial charge in [-0.15, -0.1) is 0 Å². The third-order valence-electron chi connectivity index (χ3n) is 7.71. The third-order valence-corrected chi connectivity index (χ3v) is 7.94. The van der Waals surface area contributed by atoms with Gasteiger partial charge >= 0.3 is 0 Å². The number of hydrogen-bond donors (Lipinski definition) is 3. The maximum absolute atomic E-state index is 6.13. The first-order valence-electron chi connectivity index (χ1n) is 13.8. The number of piperidine rings is 1. The summed E-state index contributed by atoms with van der Waals surface area (Å²) < 4.78 is 0. The number of nitrogen functional groups attached to an aromatic ring is 1. The van der Waals surface area contributed by atoms with Gasteiger partial charge in [-0.25, -0.2) is 0 Å². The fourth-order valence-electron chi connectivity index (χ4n) is 5.51. The summed E-state index contributed by atoms with van der Waals surface area (Å²) in [6, 6.07) is 17.0. The second-order valence-corrected chi connectivity index (χ2v) is 11.0. The van der Waals surface area contributed by atoms with Gasteiger partial charge < -0.3 is 21.7 Å². The number of aromatic nitrogens is 1. The zero-order valence-corrected chi connectivity index (χ0v) is 22.8. The molecule has 3 aromatic rings. The highest BCUT2D eigenvalue weighted by Crippen LogP contribution is 2.25. The van der Waals surface area contributed by atoms with Crippen LogP contribution in [0.3, 0.4) is 0 Å². The van der Waals surface area contributed by atoms with Gasteiger partial charge in [-0.3, -0.25) is 9.88 Å². The number of rotatable bonds is 10. The van der Waals surface area contributed by atoms with Gasteiger partial charge in [-0.2, -0.15) is 0 Å². The van der Waals surface area contributed by atoms with E-state index in [2.05, 4.69) is 50.5 Å². The molecule has 1 atom stereocenters. The summed E-state index contributed by atoms with van der Waals surface area (Å²) in [6.45, 7) is 6.23. The van der Waals surface area contributed by atoms with Crippen molar-refractivity contribution in [3.63, 3.8) is 0 Å². The predicted octanol–water partition coefficient (Wildman–Crippen LogP) is 5.45. The van der Waals surface area contributed by atoms with Crippen LogP contribution < -0.4 is 16.8 Å². The van der Waals surface area contributed by atoms with Crippen molar-refractivity contribution in [3.8, 4) is 0 Å². The van der Waals surface area contributed by atoms with Crippen molar-refractivity contribution in [2.24, 2.45) is 5.73 Å². The Balaban J connectivity index is 1.12. The molecule has 0 spiro atoms. The van der Waals surface area contributed by atoms with Crippen molar-refractivity contribution >= 4 is 33.9 Å². The van der Waals surface area contributed by atoms with Gasteiger partial charge in [0, 0.05) is 59.7 Å². The summed E-state index contributed by atoms with van der Waals surface area (Å²) >= 11 is 6.13. The minimum Gasteiger partial charge on any atom is -0.399 e. The normalized spacial score (nSPS) is 18.7. The molecule has 1 unspecified atom stereocenters. The smallest absolute Gasteiger partial charge is 0.0737 e. The quantitative estimate of drug-likeness (QED) is 0.239. The van der Waals surface area contributed by atoms with E-state index in [0.29, 0.717) is 11.1 Å². The largest absolute Gasteiger partial charge is 0.399 e. The fraction of sp³-hybridized carbons (Fsp3) is 0.387. The summed E-state index contributed by atoms with van der Waals surface area (Å²) in [5.41, 5.74) is 17.5. The average Bonchev–Trinajstić information content (AvgIpc) is 2.93. The van der Waals surface area contributed by atoms with Crippen LogP contribution in [0.4, 0.5) is 11.4 Å². The molecule has 0 radical (unpaired) electrons. The minimum absolute atomic E-state index is 0.151. The van der Waals surface area contributed by atoms with Gasteiger partial charge in [0.2, 0.25) is 0 Å². The Morgan fingerprint density at radius 2 is 1.87 bits per heavy atom. The zero-order chi connectivity index (χ0) is 26.3. The van der Waals surface area contributed by atoms with Crippen LogP contribution >= 0.6 is 11.6 Å². The van der Waals surface area contributed by atoms with Gasteiger partial charge in [-0.1, -0.05) is 42.0 Å². The molecular formula is C31H39ClN6. The number of fused-ring (bicyclic) bond motifs is 1. The van der Waals surface area contributed by atoms with Crippen molar-refractivity contribution in [3.05, 3.63) is 89.1 Å². The van der Waals surface area contributed by atoms with Crippen molar-refractivity contribution in [2.75, 3.05) is 43.8 Å². The predicted molar refractivity (Wildman–Crippen MR) is 160 cm³/mol. The second-order valence-electron chi connectivity index (χ2n) is 10.6. The summed E-state index contributed by atoms with van der Waals surface area (Å²) in [6.07, 6.45) is 12.9. The molecule has 0 amide bonds. The molecule has 5 N–H and O–H groups in total. The number of hydrogen-bond acceptors (Lipinski definition) is 6. The van der Waals surface area contributed by atoms with Crippen LogP contribution in [0, 0.1) is 0 Å². The highest BCUT2D eigenvalue weighted by molar-refractivity contribution is 6.31. The highest BCUT2D eigenvalue weighted by atomic mass is 35.5. The number of nitrogens with two attached hydrogens (primary N) is 2. The first-order chi connectivity index (χ1) is 18.5. The van der Waals surface area contributed by atoms with Crippen LogP contribution in [0.5, 0.6) is 0 Å². The molecule has 1 aliphatic heterocycles. The van der Waals surface area contributed by atoms with E-state index in [0.717, 1.165) is 74.4 Å². The van der Waals surface area contributed by atoms with Crippen LogP contribution in [0.25, 0.3) is 10.9 Å². The summed E-state index contributed by atoms with van der Waals surface area (Å²) in [4.78, 5) is 9.71. The van der Waals surface area contributed by atoms with E-state index in [1.54, 1.807) is 0 Å². The minimum atomic E-state index is 0.151. The van der Waals surface area contributed by atoms with E-state index in [9.17, 15) is 0 Å². The lowest BCUT2D eigenvalue weighted by Gasteiger charge is -2.39. The lowest BCUT2D eigenvalue weighted by molar-refractivity contribution is 0.110. The molecule has 1 saturated heterocycles. The molecule has 7 heteroatoms. The lowest BCUT2D eigenvalue weighted by atomic mass is 9.98. The number of anilines is 2. The second kappa shape index (κ2) is 12.8.